The second-order valence-corrected chi connectivity index (χ2v) is 13.7. The number of rotatable bonds is 12. The zero-order chi connectivity index (χ0) is 32.4. The molecule has 248 valence electrons. The summed E-state index contributed by atoms with van der Waals surface area (Å²) >= 11 is 0. The quantitative estimate of drug-likeness (QED) is 0.238. The molecule has 2 heterocycles. The van der Waals surface area contributed by atoms with Gasteiger partial charge in [0.05, 0.1) is 5.56 Å². The molecule has 0 spiro atoms. The van der Waals surface area contributed by atoms with Crippen LogP contribution in [0.25, 0.3) is 0 Å². The second-order valence-electron chi connectivity index (χ2n) is 13.7. The highest BCUT2D eigenvalue weighted by molar-refractivity contribution is 5.73. The van der Waals surface area contributed by atoms with Gasteiger partial charge in [0, 0.05) is 38.0 Å². The van der Waals surface area contributed by atoms with Gasteiger partial charge in [0.15, 0.2) is 0 Å². The van der Waals surface area contributed by atoms with Crippen molar-refractivity contribution in [1.29, 1.82) is 0 Å². The first-order chi connectivity index (χ1) is 21.3. The highest BCUT2D eigenvalue weighted by Gasteiger charge is 2.42. The van der Waals surface area contributed by atoms with E-state index in [1.165, 1.54) is 12.1 Å². The summed E-state index contributed by atoms with van der Waals surface area (Å²) in [6.45, 7) is 4.30. The molecule has 4 nitrogen and oxygen atoms in total. The van der Waals surface area contributed by atoms with Crippen LogP contribution in [0.1, 0.15) is 86.5 Å². The van der Waals surface area contributed by atoms with Gasteiger partial charge in [0.2, 0.25) is 0 Å². The maximum Gasteiger partial charge on any atom is 0.416 e. The van der Waals surface area contributed by atoms with Crippen LogP contribution in [0.5, 0.6) is 0 Å². The standard InChI is InChI=1S/C35H44F6N2O2/c1-34(37,38)28-12-11-25(31(19-28)35(39,40)41)8-3-5-23-13-15-42(16-14-23)20-27-21-43(32(33(44)45)17-24-6-2-7-24)22-30(27)26-9-4-10-29(36)18-26/h4,9-12,18-19,23-24,27,30,32H,2-3,5-8,13-17,20-22H2,1H3,(H,44,45). The molecule has 1 N–H and O–H groups in total. The Morgan fingerprint density at radius 2 is 1.71 bits per heavy atom. The number of carboxylic acid groups (broad SMARTS) is 1. The summed E-state index contributed by atoms with van der Waals surface area (Å²) in [5.74, 6) is -3.41. The third kappa shape index (κ3) is 8.61. The molecule has 0 radical (unpaired) electrons. The Labute approximate surface area is 261 Å². The molecule has 45 heavy (non-hydrogen) atoms. The van der Waals surface area contributed by atoms with E-state index in [0.29, 0.717) is 50.8 Å². The topological polar surface area (TPSA) is 43.8 Å². The number of aliphatic carboxylic acids is 1. The number of hydrogen-bond donors (Lipinski definition) is 1. The van der Waals surface area contributed by atoms with Crippen molar-refractivity contribution in [2.45, 2.75) is 88.8 Å². The molecule has 0 aromatic heterocycles. The number of likely N-dealkylation sites (tertiary alicyclic amines) is 2. The normalized spacial score (nSPS) is 23.3. The second kappa shape index (κ2) is 14.0. The molecule has 1 saturated carbocycles. The number of carboxylic acids is 1. The van der Waals surface area contributed by atoms with Crippen molar-refractivity contribution in [3.63, 3.8) is 0 Å². The van der Waals surface area contributed by atoms with Crippen molar-refractivity contribution in [2.24, 2.45) is 17.8 Å². The third-order valence-electron chi connectivity index (χ3n) is 10.4. The van der Waals surface area contributed by atoms with Crippen LogP contribution in [-0.2, 0) is 23.3 Å². The van der Waals surface area contributed by atoms with Gasteiger partial charge in [-0.05, 0) is 92.3 Å². The zero-order valence-corrected chi connectivity index (χ0v) is 25.8. The van der Waals surface area contributed by atoms with Crippen LogP contribution < -0.4 is 0 Å². The van der Waals surface area contributed by atoms with Crippen molar-refractivity contribution >= 4 is 5.97 Å². The number of alkyl halides is 5. The summed E-state index contributed by atoms with van der Waals surface area (Å²) in [4.78, 5) is 16.8. The first kappa shape index (κ1) is 33.8. The van der Waals surface area contributed by atoms with Crippen molar-refractivity contribution < 1.29 is 36.2 Å². The van der Waals surface area contributed by atoms with E-state index < -0.39 is 35.2 Å². The molecular formula is C35H44F6N2O2. The summed E-state index contributed by atoms with van der Waals surface area (Å²) in [6, 6.07) is 8.98. The predicted octanol–water partition coefficient (Wildman–Crippen LogP) is 8.35. The fourth-order valence-electron chi connectivity index (χ4n) is 7.61. The number of piperidine rings is 1. The largest absolute Gasteiger partial charge is 0.480 e. The van der Waals surface area contributed by atoms with Gasteiger partial charge in [-0.25, -0.2) is 13.2 Å². The summed E-state index contributed by atoms with van der Waals surface area (Å²) in [5, 5.41) is 10.1. The van der Waals surface area contributed by atoms with Crippen LogP contribution in [0.2, 0.25) is 0 Å². The molecule has 2 aliphatic heterocycles. The lowest BCUT2D eigenvalue weighted by Crippen LogP contribution is -2.43. The van der Waals surface area contributed by atoms with E-state index in [0.717, 1.165) is 69.8 Å². The van der Waals surface area contributed by atoms with Crippen LogP contribution >= 0.6 is 0 Å². The molecule has 10 heteroatoms. The van der Waals surface area contributed by atoms with Crippen LogP contribution in [0.15, 0.2) is 42.5 Å². The summed E-state index contributed by atoms with van der Waals surface area (Å²) in [5.41, 5.74) is -0.654. The van der Waals surface area contributed by atoms with Crippen LogP contribution in [0, 0.1) is 23.6 Å². The Kier molecular flexibility index (Phi) is 10.5. The first-order valence-corrected chi connectivity index (χ1v) is 16.3. The number of aryl methyl sites for hydroxylation is 1. The van der Waals surface area contributed by atoms with E-state index in [9.17, 15) is 36.2 Å². The molecule has 2 saturated heterocycles. The smallest absolute Gasteiger partial charge is 0.416 e. The summed E-state index contributed by atoms with van der Waals surface area (Å²) < 4.78 is 82.5. The van der Waals surface area contributed by atoms with Gasteiger partial charge in [-0.15, -0.1) is 0 Å². The third-order valence-corrected chi connectivity index (χ3v) is 10.4. The van der Waals surface area contributed by atoms with Gasteiger partial charge in [-0.3, -0.25) is 9.69 Å². The Morgan fingerprint density at radius 1 is 0.978 bits per heavy atom. The van der Waals surface area contributed by atoms with E-state index in [2.05, 4.69) is 9.80 Å². The maximum absolute atomic E-state index is 14.2. The molecule has 3 unspecified atom stereocenters. The highest BCUT2D eigenvalue weighted by atomic mass is 19.4. The van der Waals surface area contributed by atoms with Gasteiger partial charge in [0.1, 0.15) is 11.9 Å². The van der Waals surface area contributed by atoms with Gasteiger partial charge in [0.25, 0.3) is 5.92 Å². The predicted molar refractivity (Wildman–Crippen MR) is 161 cm³/mol. The minimum absolute atomic E-state index is 0.0311. The monoisotopic (exact) mass is 638 g/mol. The first-order valence-electron chi connectivity index (χ1n) is 16.3. The van der Waals surface area contributed by atoms with Crippen molar-refractivity contribution in [3.8, 4) is 0 Å². The molecule has 0 bridgehead atoms. The van der Waals surface area contributed by atoms with Gasteiger partial charge >= 0.3 is 12.1 Å². The molecule has 0 amide bonds. The van der Waals surface area contributed by atoms with E-state index in [1.54, 1.807) is 12.1 Å². The molecule has 1 aliphatic carbocycles. The summed E-state index contributed by atoms with van der Waals surface area (Å²) in [7, 11) is 0. The molecule has 3 atom stereocenters. The lowest BCUT2D eigenvalue weighted by molar-refractivity contribution is -0.144. The minimum Gasteiger partial charge on any atom is -0.480 e. The van der Waals surface area contributed by atoms with E-state index in [-0.39, 0.29) is 29.6 Å². The average molecular weight is 639 g/mol. The Morgan fingerprint density at radius 3 is 2.31 bits per heavy atom. The Bertz CT molecular complexity index is 1300. The number of benzene rings is 2. The van der Waals surface area contributed by atoms with Gasteiger partial charge in [-0.2, -0.15) is 13.2 Å². The molecule has 3 fully saturated rings. The molecular weight excluding hydrogens is 594 g/mol. The van der Waals surface area contributed by atoms with E-state index >= 15 is 0 Å². The number of carbonyl (C=O) groups is 1. The fourth-order valence-corrected chi connectivity index (χ4v) is 7.61. The number of nitrogens with zero attached hydrogens (tertiary/aromatic N) is 2. The summed E-state index contributed by atoms with van der Waals surface area (Å²) in [6.07, 6.45) is 2.60. The number of halogens is 6. The van der Waals surface area contributed by atoms with E-state index in [1.807, 2.05) is 6.07 Å². The average Bonchev–Trinajstić information content (AvgIpc) is 3.35. The molecule has 2 aromatic rings. The van der Waals surface area contributed by atoms with Gasteiger partial charge in [-0.1, -0.05) is 49.9 Å². The lowest BCUT2D eigenvalue weighted by atomic mass is 9.80. The van der Waals surface area contributed by atoms with Crippen LogP contribution in [0.3, 0.4) is 0 Å². The maximum atomic E-state index is 14.2. The minimum atomic E-state index is -4.69. The fraction of sp³-hybridized carbons (Fsp3) is 0.629. The molecule has 3 aliphatic rings. The Balaban J connectivity index is 1.16. The SMILES string of the molecule is CC(F)(F)c1ccc(CCCC2CCN(CC3CN(C(CC4CCC4)C(=O)O)CC3c3cccc(F)c3)CC2)c(C(F)(F)F)c1. The van der Waals surface area contributed by atoms with Gasteiger partial charge < -0.3 is 10.0 Å². The van der Waals surface area contributed by atoms with Crippen LogP contribution in [0.4, 0.5) is 26.3 Å². The van der Waals surface area contributed by atoms with E-state index in [4.69, 9.17) is 0 Å². The zero-order valence-electron chi connectivity index (χ0n) is 25.8. The van der Waals surface area contributed by atoms with Crippen LogP contribution in [-0.4, -0.2) is 59.6 Å². The van der Waals surface area contributed by atoms with Crippen molar-refractivity contribution in [2.75, 3.05) is 32.7 Å². The van der Waals surface area contributed by atoms with Crippen molar-refractivity contribution in [3.05, 3.63) is 70.5 Å². The molecule has 5 rings (SSSR count). The molecule has 2 aromatic carbocycles. The number of hydrogen-bond acceptors (Lipinski definition) is 3. The lowest BCUT2D eigenvalue weighted by Gasteiger charge is -2.35. The van der Waals surface area contributed by atoms with Crippen molar-refractivity contribution in [1.82, 2.24) is 9.80 Å². The highest BCUT2D eigenvalue weighted by Crippen LogP contribution is 2.40. The Hall–Kier alpha value is -2.59.